The summed E-state index contributed by atoms with van der Waals surface area (Å²) in [5, 5.41) is 34.6. The van der Waals surface area contributed by atoms with Crippen LogP contribution in [0.4, 0.5) is 0 Å². The molecule has 0 fully saturated rings. The van der Waals surface area contributed by atoms with E-state index in [1.54, 1.807) is 0 Å². The maximum Gasteiger partial charge on any atom is 0.326 e. The van der Waals surface area contributed by atoms with Crippen molar-refractivity contribution in [3.8, 4) is 0 Å². The molecule has 0 heterocycles. The highest BCUT2D eigenvalue weighted by Gasteiger charge is 2.32. The van der Waals surface area contributed by atoms with E-state index in [-0.39, 0.29) is 25.7 Å². The summed E-state index contributed by atoms with van der Waals surface area (Å²) < 4.78 is 0. The van der Waals surface area contributed by atoms with Gasteiger partial charge in [0.2, 0.25) is 29.5 Å². The van der Waals surface area contributed by atoms with E-state index in [9.17, 15) is 39.0 Å². The molecule has 0 saturated heterocycles. The molecule has 0 aromatic rings. The molecule has 182 valence electrons. The molecule has 0 aliphatic heterocycles. The third-order valence-corrected chi connectivity index (χ3v) is 4.21. The Hall–Kier alpha value is -3.30. The summed E-state index contributed by atoms with van der Waals surface area (Å²) in [6.45, 7) is 0.218. The van der Waals surface area contributed by atoms with Crippen LogP contribution in [0.2, 0.25) is 0 Å². The lowest BCUT2D eigenvalue weighted by molar-refractivity contribution is -0.143. The molecule has 12 N–H and O–H groups in total. The summed E-state index contributed by atoms with van der Waals surface area (Å²) >= 11 is 0. The minimum absolute atomic E-state index is 0.112. The fourth-order valence-electron chi connectivity index (χ4n) is 2.37. The average Bonchev–Trinajstić information content (AvgIpc) is 2.69. The van der Waals surface area contributed by atoms with Gasteiger partial charge in [0.15, 0.2) is 0 Å². The number of hydrogen-bond donors (Lipinski definition) is 9. The molecule has 5 unspecified atom stereocenters. The van der Waals surface area contributed by atoms with E-state index in [1.807, 2.05) is 5.32 Å². The summed E-state index contributed by atoms with van der Waals surface area (Å²) in [6, 6.07) is -5.96. The number of nitrogens with one attached hydrogen (secondary N) is 3. The predicted octanol–water partition coefficient (Wildman–Crippen LogP) is -5.24. The molecule has 0 radical (unpaired) electrons. The molecule has 0 spiro atoms. The molecule has 0 aromatic carbocycles. The molecule has 0 saturated carbocycles. The van der Waals surface area contributed by atoms with Crippen molar-refractivity contribution in [2.75, 3.05) is 6.61 Å². The average molecular weight is 462 g/mol. The third kappa shape index (κ3) is 10.6. The predicted molar refractivity (Wildman–Crippen MR) is 107 cm³/mol. The Kier molecular flexibility index (Phi) is 12.5. The quantitative estimate of drug-likeness (QED) is 0.111. The number of carbonyl (C=O) groups is 6. The van der Waals surface area contributed by atoms with Crippen molar-refractivity contribution in [1.29, 1.82) is 0 Å². The van der Waals surface area contributed by atoms with Crippen LogP contribution in [0.15, 0.2) is 0 Å². The first-order chi connectivity index (χ1) is 14.8. The van der Waals surface area contributed by atoms with E-state index >= 15 is 0 Å². The SMILES string of the molecule is CC(O)C(NC(=O)C(N)CCC(N)=O)C(=O)NC(CO)C(=O)NC(CCC(N)=O)C(=O)O. The second kappa shape index (κ2) is 13.9. The zero-order valence-corrected chi connectivity index (χ0v) is 17.4. The molecule has 0 aromatic heterocycles. The van der Waals surface area contributed by atoms with Gasteiger partial charge in [-0.25, -0.2) is 4.79 Å². The van der Waals surface area contributed by atoms with Gasteiger partial charge in [0.25, 0.3) is 0 Å². The van der Waals surface area contributed by atoms with E-state index in [4.69, 9.17) is 22.3 Å². The lowest BCUT2D eigenvalue weighted by atomic mass is 10.1. The van der Waals surface area contributed by atoms with Crippen molar-refractivity contribution < 1.29 is 44.1 Å². The number of aliphatic carboxylic acids is 1. The number of carboxylic acids is 1. The number of rotatable bonds is 15. The van der Waals surface area contributed by atoms with Crippen LogP contribution < -0.4 is 33.2 Å². The normalized spacial score (nSPS) is 15.4. The van der Waals surface area contributed by atoms with Crippen LogP contribution in [0.3, 0.4) is 0 Å². The van der Waals surface area contributed by atoms with Crippen LogP contribution in [0.5, 0.6) is 0 Å². The highest BCUT2D eigenvalue weighted by atomic mass is 16.4. The fourth-order valence-corrected chi connectivity index (χ4v) is 2.37. The van der Waals surface area contributed by atoms with Crippen molar-refractivity contribution in [2.45, 2.75) is 62.9 Å². The first kappa shape index (κ1) is 28.7. The summed E-state index contributed by atoms with van der Waals surface area (Å²) in [6.07, 6.45) is -2.41. The number of aliphatic hydroxyl groups is 2. The minimum atomic E-state index is -1.64. The Bertz CT molecular complexity index is 715. The van der Waals surface area contributed by atoms with Crippen molar-refractivity contribution in [2.24, 2.45) is 17.2 Å². The van der Waals surface area contributed by atoms with Gasteiger partial charge < -0.3 is 48.5 Å². The van der Waals surface area contributed by atoms with Crippen molar-refractivity contribution in [1.82, 2.24) is 16.0 Å². The van der Waals surface area contributed by atoms with Crippen LogP contribution in [0, 0.1) is 0 Å². The zero-order chi connectivity index (χ0) is 25.0. The molecule has 0 aliphatic carbocycles. The highest BCUT2D eigenvalue weighted by molar-refractivity contribution is 5.94. The van der Waals surface area contributed by atoms with Crippen molar-refractivity contribution >= 4 is 35.5 Å². The van der Waals surface area contributed by atoms with Crippen LogP contribution >= 0.6 is 0 Å². The molecule has 15 heteroatoms. The van der Waals surface area contributed by atoms with Gasteiger partial charge in [-0.2, -0.15) is 0 Å². The Balaban J connectivity index is 5.14. The van der Waals surface area contributed by atoms with Crippen LogP contribution in [0.1, 0.15) is 32.6 Å². The summed E-state index contributed by atoms with van der Waals surface area (Å²) in [4.78, 5) is 69.6. The molecule has 15 nitrogen and oxygen atoms in total. The van der Waals surface area contributed by atoms with E-state index in [0.29, 0.717) is 0 Å². The largest absolute Gasteiger partial charge is 0.480 e. The van der Waals surface area contributed by atoms with Crippen molar-refractivity contribution in [3.05, 3.63) is 0 Å². The maximum absolute atomic E-state index is 12.4. The molecule has 0 aliphatic rings. The van der Waals surface area contributed by atoms with Gasteiger partial charge in [0.05, 0.1) is 18.8 Å². The monoisotopic (exact) mass is 462 g/mol. The van der Waals surface area contributed by atoms with Gasteiger partial charge in [0.1, 0.15) is 18.1 Å². The number of carboxylic acid groups (broad SMARTS) is 1. The Labute approximate surface area is 183 Å². The molecule has 0 rings (SSSR count). The maximum atomic E-state index is 12.4. The van der Waals surface area contributed by atoms with Gasteiger partial charge in [0, 0.05) is 12.8 Å². The third-order valence-electron chi connectivity index (χ3n) is 4.21. The summed E-state index contributed by atoms with van der Waals surface area (Å²) in [7, 11) is 0. The first-order valence-corrected chi connectivity index (χ1v) is 9.55. The molecular formula is C17H30N6O9. The van der Waals surface area contributed by atoms with E-state index in [0.717, 1.165) is 6.92 Å². The number of hydrogen-bond acceptors (Lipinski definition) is 9. The van der Waals surface area contributed by atoms with Gasteiger partial charge >= 0.3 is 5.97 Å². The van der Waals surface area contributed by atoms with Crippen molar-refractivity contribution in [3.63, 3.8) is 0 Å². The number of aliphatic hydroxyl groups excluding tert-OH is 2. The number of nitrogens with two attached hydrogens (primary N) is 3. The number of carbonyl (C=O) groups excluding carboxylic acids is 5. The fraction of sp³-hybridized carbons (Fsp3) is 0.647. The highest BCUT2D eigenvalue weighted by Crippen LogP contribution is 2.01. The number of amides is 5. The molecule has 5 atom stereocenters. The summed E-state index contributed by atoms with van der Waals surface area (Å²) in [5.74, 6) is -6.00. The minimum Gasteiger partial charge on any atom is -0.480 e. The molecule has 5 amide bonds. The smallest absolute Gasteiger partial charge is 0.326 e. The van der Waals surface area contributed by atoms with Crippen LogP contribution in [-0.2, 0) is 28.8 Å². The van der Waals surface area contributed by atoms with E-state index in [2.05, 4.69) is 10.6 Å². The van der Waals surface area contributed by atoms with E-state index < -0.39 is 72.4 Å². The summed E-state index contributed by atoms with van der Waals surface area (Å²) in [5.41, 5.74) is 15.5. The van der Waals surface area contributed by atoms with Crippen LogP contribution in [-0.4, -0.2) is 87.7 Å². The first-order valence-electron chi connectivity index (χ1n) is 9.55. The van der Waals surface area contributed by atoms with Gasteiger partial charge in [-0.15, -0.1) is 0 Å². The Morgan fingerprint density at radius 3 is 1.75 bits per heavy atom. The zero-order valence-electron chi connectivity index (χ0n) is 17.4. The second-order valence-electron chi connectivity index (χ2n) is 6.99. The van der Waals surface area contributed by atoms with Gasteiger partial charge in [-0.1, -0.05) is 0 Å². The molecule has 32 heavy (non-hydrogen) atoms. The lowest BCUT2D eigenvalue weighted by Gasteiger charge is -2.25. The van der Waals surface area contributed by atoms with Gasteiger partial charge in [-0.05, 0) is 19.8 Å². The lowest BCUT2D eigenvalue weighted by Crippen LogP contribution is -2.60. The van der Waals surface area contributed by atoms with Gasteiger partial charge in [-0.3, -0.25) is 24.0 Å². The van der Waals surface area contributed by atoms with Crippen LogP contribution in [0.25, 0.3) is 0 Å². The Morgan fingerprint density at radius 1 is 0.812 bits per heavy atom. The second-order valence-corrected chi connectivity index (χ2v) is 6.99. The molecular weight excluding hydrogens is 432 g/mol. The number of primary amides is 2. The standard InChI is InChI=1S/C17H30N6O9/c1-7(25)13(23-14(28)8(18)2-4-11(19)26)16(30)22-10(6-24)15(29)21-9(17(31)32)3-5-12(20)27/h7-10,13,24-25H,2-6,18H2,1H3,(H2,19,26)(H2,20,27)(H,21,29)(H,22,30)(H,23,28)(H,31,32). The molecule has 0 bridgehead atoms. The Morgan fingerprint density at radius 2 is 1.31 bits per heavy atom. The topological polar surface area (TPSA) is 277 Å². The van der Waals surface area contributed by atoms with E-state index in [1.165, 1.54) is 0 Å².